The van der Waals surface area contributed by atoms with Gasteiger partial charge in [-0.05, 0) is 6.42 Å². The van der Waals surface area contributed by atoms with Crippen molar-refractivity contribution in [2.45, 2.75) is 83.3 Å². The number of epoxide rings is 1. The first-order valence-corrected chi connectivity index (χ1v) is 8.47. The van der Waals surface area contributed by atoms with Crippen molar-refractivity contribution in [3.05, 3.63) is 0 Å². The number of ether oxygens (including phenoxy) is 1. The summed E-state index contributed by atoms with van der Waals surface area (Å²) >= 11 is 0. The number of ketones is 1. The highest BCUT2D eigenvalue weighted by Gasteiger charge is 2.49. The van der Waals surface area contributed by atoms with E-state index in [1.165, 1.54) is 49.8 Å². The van der Waals surface area contributed by atoms with Crippen molar-refractivity contribution in [3.63, 3.8) is 0 Å². The summed E-state index contributed by atoms with van der Waals surface area (Å²) in [5.41, 5.74) is 0. The molecule has 0 aromatic rings. The minimum atomic E-state index is -0.508. The predicted octanol–water partition coefficient (Wildman–Crippen LogP) is 3.33. The highest BCUT2D eigenvalue weighted by Crippen LogP contribution is 2.26. The van der Waals surface area contributed by atoms with Gasteiger partial charge >= 0.3 is 0 Å². The lowest BCUT2D eigenvalue weighted by molar-refractivity contribution is -0.130. The minimum Gasteiger partial charge on any atom is -0.351 e. The van der Waals surface area contributed by atoms with Gasteiger partial charge in [0.1, 0.15) is 0 Å². The number of carbonyl (C=O) groups excluding carboxylic acids is 2. The summed E-state index contributed by atoms with van der Waals surface area (Å²) in [6.07, 6.45) is 10.8. The second kappa shape index (κ2) is 9.93. The zero-order valence-electron chi connectivity index (χ0n) is 13.9. The molecule has 0 unspecified atom stereocenters. The third kappa shape index (κ3) is 7.07. The molecule has 0 aromatic carbocycles. The van der Waals surface area contributed by atoms with E-state index in [2.05, 4.69) is 6.92 Å². The number of Topliss-reactive ketones (excluding diaryl/α,β-unsaturated/α-hetero) is 1. The molecule has 1 aliphatic rings. The van der Waals surface area contributed by atoms with Gasteiger partial charge in [-0.3, -0.25) is 9.59 Å². The molecule has 4 heteroatoms. The van der Waals surface area contributed by atoms with Gasteiger partial charge in [0, 0.05) is 20.5 Å². The predicted molar refractivity (Wildman–Crippen MR) is 84.2 cm³/mol. The van der Waals surface area contributed by atoms with Crippen LogP contribution in [0.1, 0.15) is 71.1 Å². The zero-order chi connectivity index (χ0) is 15.7. The monoisotopic (exact) mass is 297 g/mol. The molecule has 0 N–H and O–H groups in total. The molecular weight excluding hydrogens is 266 g/mol. The van der Waals surface area contributed by atoms with Crippen molar-refractivity contribution >= 4 is 11.7 Å². The van der Waals surface area contributed by atoms with Crippen molar-refractivity contribution in [1.29, 1.82) is 0 Å². The van der Waals surface area contributed by atoms with Crippen LogP contribution in [0.4, 0.5) is 0 Å². The summed E-state index contributed by atoms with van der Waals surface area (Å²) < 4.78 is 5.19. The Morgan fingerprint density at radius 3 is 1.90 bits per heavy atom. The van der Waals surface area contributed by atoms with E-state index in [1.807, 2.05) is 0 Å². The van der Waals surface area contributed by atoms with Crippen LogP contribution in [0.2, 0.25) is 0 Å². The molecule has 0 radical (unpaired) electrons. The van der Waals surface area contributed by atoms with Gasteiger partial charge in [0.15, 0.2) is 18.0 Å². The van der Waals surface area contributed by atoms with E-state index in [1.54, 1.807) is 14.1 Å². The molecule has 1 aliphatic heterocycles. The Morgan fingerprint density at radius 2 is 1.38 bits per heavy atom. The van der Waals surface area contributed by atoms with E-state index in [9.17, 15) is 9.59 Å². The second-order valence-corrected chi connectivity index (χ2v) is 6.25. The normalized spacial score (nSPS) is 20.3. The van der Waals surface area contributed by atoms with Gasteiger partial charge in [0.25, 0.3) is 5.91 Å². The number of likely N-dealkylation sites (N-methyl/N-ethyl adjacent to an activating group) is 1. The van der Waals surface area contributed by atoms with Crippen LogP contribution in [-0.2, 0) is 14.3 Å². The Kier molecular flexibility index (Phi) is 8.58. The minimum absolute atomic E-state index is 0.0955. The number of hydrogen-bond donors (Lipinski definition) is 0. The highest BCUT2D eigenvalue weighted by atomic mass is 16.6. The molecular formula is C17H31NO3. The molecule has 0 saturated carbocycles. The smallest absolute Gasteiger partial charge is 0.254 e. The fourth-order valence-corrected chi connectivity index (χ4v) is 2.55. The van der Waals surface area contributed by atoms with Crippen LogP contribution < -0.4 is 0 Å². The van der Waals surface area contributed by atoms with Crippen molar-refractivity contribution in [1.82, 2.24) is 4.90 Å². The maximum Gasteiger partial charge on any atom is 0.254 e. The summed E-state index contributed by atoms with van der Waals surface area (Å²) in [4.78, 5) is 24.9. The Balaban J connectivity index is 1.94. The lowest BCUT2D eigenvalue weighted by Gasteiger charge is -2.06. The van der Waals surface area contributed by atoms with Crippen LogP contribution >= 0.6 is 0 Å². The Morgan fingerprint density at radius 1 is 0.857 bits per heavy atom. The molecule has 1 heterocycles. The third-order valence-corrected chi connectivity index (χ3v) is 4.02. The molecule has 0 bridgehead atoms. The molecule has 1 fully saturated rings. The van der Waals surface area contributed by atoms with Gasteiger partial charge in [-0.15, -0.1) is 0 Å². The molecule has 122 valence electrons. The summed E-state index contributed by atoms with van der Waals surface area (Å²) in [7, 11) is 3.37. The summed E-state index contributed by atoms with van der Waals surface area (Å²) in [5.74, 6) is -0.00132. The summed E-state index contributed by atoms with van der Waals surface area (Å²) in [6.45, 7) is 2.23. The van der Waals surface area contributed by atoms with Crippen molar-refractivity contribution in [2.24, 2.45) is 0 Å². The number of amides is 1. The lowest BCUT2D eigenvalue weighted by Crippen LogP contribution is -2.29. The Hall–Kier alpha value is -0.900. The number of carbonyl (C=O) groups is 2. The first kappa shape index (κ1) is 18.1. The molecule has 0 spiro atoms. The van der Waals surface area contributed by atoms with Crippen molar-refractivity contribution < 1.29 is 14.3 Å². The molecule has 2 atom stereocenters. The molecule has 0 aromatic heterocycles. The SMILES string of the molecule is CCCCCCCCCCCC(=O)[C@@H]1O[C@@H]1C(=O)N(C)C. The van der Waals surface area contributed by atoms with Crippen LogP contribution in [0.15, 0.2) is 0 Å². The van der Waals surface area contributed by atoms with Crippen molar-refractivity contribution in [2.75, 3.05) is 14.1 Å². The fraction of sp³-hybridized carbons (Fsp3) is 0.882. The molecule has 21 heavy (non-hydrogen) atoms. The zero-order valence-corrected chi connectivity index (χ0v) is 13.9. The maximum atomic E-state index is 11.9. The Bertz CT molecular complexity index is 328. The van der Waals surface area contributed by atoms with Gasteiger partial charge < -0.3 is 9.64 Å². The number of rotatable bonds is 12. The first-order valence-electron chi connectivity index (χ1n) is 8.47. The third-order valence-electron chi connectivity index (χ3n) is 4.02. The van der Waals surface area contributed by atoms with Gasteiger partial charge in [-0.1, -0.05) is 58.3 Å². The standard InChI is InChI=1S/C17H31NO3/c1-4-5-6-7-8-9-10-11-12-13-14(19)15-16(21-15)17(20)18(2)3/h15-16H,4-13H2,1-3H3/t15-,16-/m0/s1. The topological polar surface area (TPSA) is 49.9 Å². The number of nitrogens with zero attached hydrogens (tertiary/aromatic N) is 1. The van der Waals surface area contributed by atoms with Gasteiger partial charge in [-0.25, -0.2) is 0 Å². The number of hydrogen-bond acceptors (Lipinski definition) is 3. The highest BCUT2D eigenvalue weighted by molar-refractivity contribution is 5.95. The first-order chi connectivity index (χ1) is 10.1. The van der Waals surface area contributed by atoms with E-state index in [0.29, 0.717) is 6.42 Å². The molecule has 0 aliphatic carbocycles. The van der Waals surface area contributed by atoms with Crippen LogP contribution in [0.3, 0.4) is 0 Å². The maximum absolute atomic E-state index is 11.9. The lowest BCUT2D eigenvalue weighted by atomic mass is 10.0. The molecule has 4 nitrogen and oxygen atoms in total. The molecule has 1 rings (SSSR count). The van der Waals surface area contributed by atoms with Gasteiger partial charge in [0.05, 0.1) is 0 Å². The van der Waals surface area contributed by atoms with Crippen LogP contribution in [0, 0.1) is 0 Å². The quantitative estimate of drug-likeness (QED) is 0.410. The number of unbranched alkanes of at least 4 members (excludes halogenated alkanes) is 8. The van der Waals surface area contributed by atoms with E-state index >= 15 is 0 Å². The van der Waals surface area contributed by atoms with E-state index in [-0.39, 0.29) is 11.7 Å². The molecule has 1 amide bonds. The molecule has 1 saturated heterocycles. The van der Waals surface area contributed by atoms with Gasteiger partial charge in [0.2, 0.25) is 0 Å². The summed E-state index contributed by atoms with van der Waals surface area (Å²) in [6, 6.07) is 0. The Labute approximate surface area is 129 Å². The van der Waals surface area contributed by atoms with E-state index < -0.39 is 12.2 Å². The fourth-order valence-electron chi connectivity index (χ4n) is 2.55. The van der Waals surface area contributed by atoms with Crippen LogP contribution in [0.25, 0.3) is 0 Å². The second-order valence-electron chi connectivity index (χ2n) is 6.25. The van der Waals surface area contributed by atoms with E-state index in [0.717, 1.165) is 12.8 Å². The van der Waals surface area contributed by atoms with Crippen LogP contribution in [-0.4, -0.2) is 42.9 Å². The van der Waals surface area contributed by atoms with Crippen molar-refractivity contribution in [3.8, 4) is 0 Å². The summed E-state index contributed by atoms with van der Waals surface area (Å²) in [5, 5.41) is 0. The largest absolute Gasteiger partial charge is 0.351 e. The van der Waals surface area contributed by atoms with Gasteiger partial charge in [-0.2, -0.15) is 0 Å². The van der Waals surface area contributed by atoms with E-state index in [4.69, 9.17) is 4.74 Å². The van der Waals surface area contributed by atoms with Crippen LogP contribution in [0.5, 0.6) is 0 Å². The average molecular weight is 297 g/mol. The average Bonchev–Trinajstić information content (AvgIpc) is 3.24.